The lowest BCUT2D eigenvalue weighted by molar-refractivity contribution is -0.141. The van der Waals surface area contributed by atoms with Gasteiger partial charge in [0, 0.05) is 33.8 Å². The molecule has 0 radical (unpaired) electrons. The molecule has 0 aromatic heterocycles. The predicted octanol–water partition coefficient (Wildman–Crippen LogP) is 4.68. The summed E-state index contributed by atoms with van der Waals surface area (Å²) in [7, 11) is 0. The van der Waals surface area contributed by atoms with E-state index in [1.54, 1.807) is 15.9 Å². The van der Waals surface area contributed by atoms with Crippen molar-refractivity contribution in [3.63, 3.8) is 0 Å². The van der Waals surface area contributed by atoms with Crippen molar-refractivity contribution >= 4 is 52.5 Å². The van der Waals surface area contributed by atoms with Gasteiger partial charge in [-0.05, 0) is 42.7 Å². The van der Waals surface area contributed by atoms with Gasteiger partial charge in [0.2, 0.25) is 5.91 Å². The molecule has 4 nitrogen and oxygen atoms in total. The Labute approximate surface area is 177 Å². The normalized spacial score (nSPS) is 23.6. The smallest absolute Gasteiger partial charge is 0.268 e. The molecule has 1 saturated carbocycles. The number of hydrogen-bond donors (Lipinski definition) is 0. The standard InChI is InChI=1S/C21H18Cl2N2O2S/c22-15-7-8-18-16(11-15)21(25(9-10-28-21)19(26)13-5-6-13)20(27)24(18)12-14-3-1-2-4-17(14)23/h1-4,7-8,11,13H,5-6,9-10,12H2/t21-/m1/s1. The van der Waals surface area contributed by atoms with Crippen molar-refractivity contribution in [1.82, 2.24) is 4.90 Å². The quantitative estimate of drug-likeness (QED) is 0.706. The summed E-state index contributed by atoms with van der Waals surface area (Å²) >= 11 is 14.2. The highest BCUT2D eigenvalue weighted by atomic mass is 35.5. The van der Waals surface area contributed by atoms with Gasteiger partial charge in [-0.3, -0.25) is 9.59 Å². The summed E-state index contributed by atoms with van der Waals surface area (Å²) in [5.74, 6) is 0.796. The first kappa shape index (κ1) is 18.3. The Balaban J connectivity index is 1.61. The molecule has 2 aromatic carbocycles. The number of fused-ring (bicyclic) bond motifs is 2. The first-order valence-corrected chi connectivity index (χ1v) is 11.1. The number of halogens is 2. The summed E-state index contributed by atoms with van der Waals surface area (Å²) < 4.78 is 0. The molecule has 0 N–H and O–H groups in total. The molecular weight excluding hydrogens is 415 g/mol. The van der Waals surface area contributed by atoms with Crippen molar-refractivity contribution in [2.24, 2.45) is 5.92 Å². The Morgan fingerprint density at radius 2 is 1.96 bits per heavy atom. The van der Waals surface area contributed by atoms with Gasteiger partial charge >= 0.3 is 0 Å². The van der Waals surface area contributed by atoms with Crippen molar-refractivity contribution in [3.8, 4) is 0 Å². The Kier molecular flexibility index (Phi) is 4.38. The van der Waals surface area contributed by atoms with Gasteiger partial charge in [-0.15, -0.1) is 11.8 Å². The molecule has 1 saturated heterocycles. The molecule has 2 heterocycles. The maximum Gasteiger partial charge on any atom is 0.268 e. The molecule has 2 aromatic rings. The number of nitrogens with zero attached hydrogens (tertiary/aromatic N) is 2. The zero-order valence-corrected chi connectivity index (χ0v) is 17.4. The molecule has 28 heavy (non-hydrogen) atoms. The van der Waals surface area contributed by atoms with Gasteiger partial charge in [0.15, 0.2) is 4.87 Å². The Morgan fingerprint density at radius 3 is 2.71 bits per heavy atom. The molecule has 144 valence electrons. The van der Waals surface area contributed by atoms with E-state index in [0.717, 1.165) is 35.4 Å². The van der Waals surface area contributed by atoms with Gasteiger partial charge < -0.3 is 9.80 Å². The SMILES string of the molecule is O=C(C1CC1)N1CCS[C@]12C(=O)N(Cc1ccccc1Cl)c1ccc(Cl)cc12. The van der Waals surface area contributed by atoms with Crippen LogP contribution in [0.3, 0.4) is 0 Å². The minimum atomic E-state index is -1.01. The topological polar surface area (TPSA) is 40.6 Å². The third kappa shape index (κ3) is 2.67. The van der Waals surface area contributed by atoms with Crippen molar-refractivity contribution in [1.29, 1.82) is 0 Å². The third-order valence-electron chi connectivity index (χ3n) is 5.63. The van der Waals surface area contributed by atoms with Crippen LogP contribution in [0.1, 0.15) is 24.0 Å². The van der Waals surface area contributed by atoms with Gasteiger partial charge in [0.25, 0.3) is 5.91 Å². The molecular formula is C21H18Cl2N2O2S. The zero-order valence-electron chi connectivity index (χ0n) is 15.0. The van der Waals surface area contributed by atoms with Crippen molar-refractivity contribution in [2.75, 3.05) is 17.2 Å². The van der Waals surface area contributed by atoms with Gasteiger partial charge in [-0.2, -0.15) is 0 Å². The lowest BCUT2D eigenvalue weighted by Crippen LogP contribution is -2.50. The Morgan fingerprint density at radius 1 is 1.18 bits per heavy atom. The molecule has 2 aliphatic heterocycles. The lowest BCUT2D eigenvalue weighted by Gasteiger charge is -2.33. The van der Waals surface area contributed by atoms with Crippen molar-refractivity contribution < 1.29 is 9.59 Å². The van der Waals surface area contributed by atoms with E-state index < -0.39 is 4.87 Å². The summed E-state index contributed by atoms with van der Waals surface area (Å²) in [5.41, 5.74) is 2.49. The van der Waals surface area contributed by atoms with E-state index in [9.17, 15) is 9.59 Å². The number of thioether (sulfide) groups is 1. The number of anilines is 1. The van der Waals surface area contributed by atoms with Crippen LogP contribution in [0.25, 0.3) is 0 Å². The average Bonchev–Trinajstić information content (AvgIpc) is 3.40. The molecule has 1 spiro atoms. The molecule has 0 unspecified atom stereocenters. The number of carbonyl (C=O) groups excluding carboxylic acids is 2. The first-order chi connectivity index (χ1) is 13.5. The first-order valence-electron chi connectivity index (χ1n) is 9.33. The minimum absolute atomic E-state index is 0.0589. The number of hydrogen-bond acceptors (Lipinski definition) is 3. The molecule has 0 bridgehead atoms. The Bertz CT molecular complexity index is 994. The second-order valence-electron chi connectivity index (χ2n) is 7.40. The molecule has 2 fully saturated rings. The van der Waals surface area contributed by atoms with Crippen LogP contribution >= 0.6 is 35.0 Å². The molecule has 3 aliphatic rings. The largest absolute Gasteiger partial charge is 0.315 e. The summed E-state index contributed by atoms with van der Waals surface area (Å²) in [5, 5.41) is 1.19. The second-order valence-corrected chi connectivity index (χ2v) is 9.53. The van der Waals surface area contributed by atoms with Gasteiger partial charge in [0.1, 0.15) is 0 Å². The van der Waals surface area contributed by atoms with Crippen LogP contribution in [-0.4, -0.2) is 29.0 Å². The molecule has 5 rings (SSSR count). The van der Waals surface area contributed by atoms with Crippen LogP contribution in [0.15, 0.2) is 42.5 Å². The van der Waals surface area contributed by atoms with E-state index >= 15 is 0 Å². The summed E-state index contributed by atoms with van der Waals surface area (Å²) in [6.45, 7) is 0.943. The maximum atomic E-state index is 13.8. The van der Waals surface area contributed by atoms with E-state index in [2.05, 4.69) is 0 Å². The van der Waals surface area contributed by atoms with Gasteiger partial charge in [0.05, 0.1) is 12.2 Å². The maximum absolute atomic E-state index is 13.8. The van der Waals surface area contributed by atoms with Crippen LogP contribution in [0, 0.1) is 5.92 Å². The highest BCUT2D eigenvalue weighted by molar-refractivity contribution is 8.01. The van der Waals surface area contributed by atoms with Crippen molar-refractivity contribution in [3.05, 3.63) is 63.6 Å². The van der Waals surface area contributed by atoms with E-state index in [0.29, 0.717) is 23.1 Å². The predicted molar refractivity (Wildman–Crippen MR) is 113 cm³/mol. The number of carbonyl (C=O) groups is 2. The fourth-order valence-electron chi connectivity index (χ4n) is 4.11. The monoisotopic (exact) mass is 432 g/mol. The Hall–Kier alpha value is -1.69. The number of amides is 2. The average molecular weight is 433 g/mol. The summed E-state index contributed by atoms with van der Waals surface area (Å²) in [6.07, 6.45) is 1.83. The number of rotatable bonds is 3. The van der Waals surface area contributed by atoms with Crippen LogP contribution in [0.4, 0.5) is 5.69 Å². The fraction of sp³-hybridized carbons (Fsp3) is 0.333. The van der Waals surface area contributed by atoms with E-state index in [1.807, 2.05) is 36.4 Å². The molecule has 1 aliphatic carbocycles. The lowest BCUT2D eigenvalue weighted by atomic mass is 10.1. The van der Waals surface area contributed by atoms with Crippen LogP contribution in [0.5, 0.6) is 0 Å². The molecule has 1 atom stereocenters. The number of benzene rings is 2. The fourth-order valence-corrected chi connectivity index (χ4v) is 5.94. The zero-order chi connectivity index (χ0) is 19.5. The van der Waals surface area contributed by atoms with E-state index in [4.69, 9.17) is 23.2 Å². The third-order valence-corrected chi connectivity index (χ3v) is 7.66. The van der Waals surface area contributed by atoms with Crippen LogP contribution < -0.4 is 4.90 Å². The van der Waals surface area contributed by atoms with Crippen molar-refractivity contribution in [2.45, 2.75) is 24.3 Å². The van der Waals surface area contributed by atoms with E-state index in [1.165, 1.54) is 11.8 Å². The van der Waals surface area contributed by atoms with Crippen LogP contribution in [0.2, 0.25) is 10.0 Å². The summed E-state index contributed by atoms with van der Waals surface area (Å²) in [4.78, 5) is 29.3. The second kappa shape index (κ2) is 6.68. The van der Waals surface area contributed by atoms with Gasteiger partial charge in [-0.25, -0.2) is 0 Å². The highest BCUT2D eigenvalue weighted by Crippen LogP contribution is 2.56. The summed E-state index contributed by atoms with van der Waals surface area (Å²) in [6, 6.07) is 13.0. The van der Waals surface area contributed by atoms with Crippen LogP contribution in [-0.2, 0) is 21.0 Å². The minimum Gasteiger partial charge on any atom is -0.315 e. The van der Waals surface area contributed by atoms with Gasteiger partial charge in [-0.1, -0.05) is 41.4 Å². The highest BCUT2D eigenvalue weighted by Gasteiger charge is 2.60. The molecule has 2 amide bonds. The van der Waals surface area contributed by atoms with E-state index in [-0.39, 0.29) is 17.7 Å². The molecule has 7 heteroatoms.